The van der Waals surface area contributed by atoms with Crippen molar-refractivity contribution in [3.8, 4) is 17.4 Å². The fourth-order valence-electron chi connectivity index (χ4n) is 1.84. The van der Waals surface area contributed by atoms with Crippen molar-refractivity contribution in [3.63, 3.8) is 0 Å². The maximum Gasteiger partial charge on any atom is 0.325 e. The van der Waals surface area contributed by atoms with E-state index in [-0.39, 0.29) is 12.0 Å². The van der Waals surface area contributed by atoms with Gasteiger partial charge in [-0.3, -0.25) is 9.78 Å². The molecule has 1 aromatic carbocycles. The van der Waals surface area contributed by atoms with Gasteiger partial charge in [0, 0.05) is 18.1 Å². The molecule has 0 aliphatic carbocycles. The van der Waals surface area contributed by atoms with Gasteiger partial charge in [-0.1, -0.05) is 6.07 Å². The molecular weight excluding hydrogens is 264 g/mol. The third kappa shape index (κ3) is 2.66. The molecule has 2 rings (SSSR count). The smallest absolute Gasteiger partial charge is 0.325 e. The molecule has 0 spiro atoms. The highest BCUT2D eigenvalue weighted by molar-refractivity contribution is 5.43. The zero-order chi connectivity index (χ0) is 14.7. The summed E-state index contributed by atoms with van der Waals surface area (Å²) in [4.78, 5) is 26.7. The fourth-order valence-corrected chi connectivity index (χ4v) is 1.84. The molecule has 2 aromatic rings. The summed E-state index contributed by atoms with van der Waals surface area (Å²) < 4.78 is 10.3. The minimum Gasteiger partial charge on any atom is -0.860 e. The topological polar surface area (TPSA) is 107 Å². The summed E-state index contributed by atoms with van der Waals surface area (Å²) in [6, 6.07) is 5.05. The number of benzene rings is 1. The van der Waals surface area contributed by atoms with E-state index in [1.165, 1.54) is 14.2 Å². The van der Waals surface area contributed by atoms with E-state index in [0.717, 1.165) is 0 Å². The van der Waals surface area contributed by atoms with Crippen LogP contribution >= 0.6 is 0 Å². The van der Waals surface area contributed by atoms with Crippen LogP contribution in [0.4, 0.5) is 0 Å². The molecule has 0 unspecified atom stereocenters. The van der Waals surface area contributed by atoms with Gasteiger partial charge in [-0.05, 0) is 17.5 Å². The number of hydrogen-bond acceptors (Lipinski definition) is 5. The molecule has 1 aromatic heterocycles. The Morgan fingerprint density at radius 3 is 2.50 bits per heavy atom. The Morgan fingerprint density at radius 1 is 1.15 bits per heavy atom. The molecule has 0 atom stereocenters. The van der Waals surface area contributed by atoms with Gasteiger partial charge >= 0.3 is 5.69 Å². The van der Waals surface area contributed by atoms with E-state index >= 15 is 0 Å². The lowest BCUT2D eigenvalue weighted by atomic mass is 10.1. The minimum atomic E-state index is -0.814. The van der Waals surface area contributed by atoms with Gasteiger partial charge in [0.15, 0.2) is 0 Å². The van der Waals surface area contributed by atoms with Crippen LogP contribution in [-0.4, -0.2) is 24.2 Å². The van der Waals surface area contributed by atoms with Crippen molar-refractivity contribution in [2.45, 2.75) is 6.42 Å². The Kier molecular flexibility index (Phi) is 3.79. The van der Waals surface area contributed by atoms with Gasteiger partial charge in [-0.25, -0.2) is 4.79 Å². The number of H-pyrrole nitrogens is 2. The van der Waals surface area contributed by atoms with Crippen LogP contribution in [-0.2, 0) is 6.42 Å². The number of aromatic amines is 2. The Hall–Kier alpha value is -2.70. The molecule has 0 bridgehead atoms. The van der Waals surface area contributed by atoms with Crippen LogP contribution in [0.3, 0.4) is 0 Å². The van der Waals surface area contributed by atoms with Gasteiger partial charge in [0.2, 0.25) is 0 Å². The molecule has 7 heteroatoms. The number of ether oxygens (including phenoxy) is 2. The summed E-state index contributed by atoms with van der Waals surface area (Å²) in [6.07, 6.45) is 0.0537. The monoisotopic (exact) mass is 277 g/mol. The van der Waals surface area contributed by atoms with E-state index in [1.807, 2.05) is 9.97 Å². The molecule has 0 fully saturated rings. The van der Waals surface area contributed by atoms with Crippen LogP contribution in [0.2, 0.25) is 0 Å². The SMILES string of the molecule is COc1ccc(Cc2c([O-])[nH]c(=O)[nH]c2=O)c(OC)c1. The number of nitrogens with one attached hydrogen (secondary N) is 2. The second kappa shape index (κ2) is 5.52. The minimum absolute atomic E-state index is 0.0481. The summed E-state index contributed by atoms with van der Waals surface area (Å²) in [5, 5.41) is 11.6. The number of rotatable bonds is 4. The number of methoxy groups -OCH3 is 2. The average molecular weight is 277 g/mol. The van der Waals surface area contributed by atoms with Crippen molar-refractivity contribution in [2.75, 3.05) is 14.2 Å². The van der Waals surface area contributed by atoms with Crippen molar-refractivity contribution in [3.05, 3.63) is 50.2 Å². The van der Waals surface area contributed by atoms with E-state index in [2.05, 4.69) is 0 Å². The summed E-state index contributed by atoms with van der Waals surface area (Å²) in [5.74, 6) is 0.397. The summed E-state index contributed by atoms with van der Waals surface area (Å²) in [5.41, 5.74) is -0.918. The van der Waals surface area contributed by atoms with Crippen LogP contribution in [0, 0.1) is 0 Å². The molecule has 7 nitrogen and oxygen atoms in total. The zero-order valence-corrected chi connectivity index (χ0v) is 11.0. The van der Waals surface area contributed by atoms with Crippen LogP contribution in [0.25, 0.3) is 0 Å². The van der Waals surface area contributed by atoms with Crippen LogP contribution < -0.4 is 25.8 Å². The first-order chi connectivity index (χ1) is 9.55. The predicted molar refractivity (Wildman–Crippen MR) is 69.5 cm³/mol. The molecule has 0 saturated heterocycles. The first kappa shape index (κ1) is 13.7. The second-order valence-electron chi connectivity index (χ2n) is 4.07. The Labute approximate surface area is 113 Å². The standard InChI is InChI=1S/C13H14N2O5/c1-19-8-4-3-7(10(6-8)20-2)5-9-11(16)14-13(18)15-12(9)17/h3-4,6H,5H2,1-2H3,(H3,14,15,16,17,18)/p-1. The van der Waals surface area contributed by atoms with Crippen LogP contribution in [0.1, 0.15) is 11.1 Å². The highest BCUT2D eigenvalue weighted by atomic mass is 16.5. The van der Waals surface area contributed by atoms with Crippen molar-refractivity contribution in [1.29, 1.82) is 0 Å². The van der Waals surface area contributed by atoms with Gasteiger partial charge in [0.25, 0.3) is 5.56 Å². The molecule has 1 heterocycles. The lowest BCUT2D eigenvalue weighted by Gasteiger charge is -2.14. The predicted octanol–water partition coefficient (Wildman–Crippen LogP) is -0.255. The van der Waals surface area contributed by atoms with Crippen molar-refractivity contribution >= 4 is 0 Å². The van der Waals surface area contributed by atoms with E-state index in [0.29, 0.717) is 17.1 Å². The molecule has 0 aliphatic rings. The van der Waals surface area contributed by atoms with Crippen LogP contribution in [0.5, 0.6) is 17.4 Å². The van der Waals surface area contributed by atoms with Gasteiger partial charge in [0.1, 0.15) is 11.5 Å². The quantitative estimate of drug-likeness (QED) is 0.801. The molecular formula is C13H13N2O5-. The zero-order valence-electron chi connectivity index (χ0n) is 11.0. The molecule has 0 saturated carbocycles. The second-order valence-corrected chi connectivity index (χ2v) is 4.07. The van der Waals surface area contributed by atoms with Crippen LogP contribution in [0.15, 0.2) is 27.8 Å². The highest BCUT2D eigenvalue weighted by Gasteiger charge is 2.10. The average Bonchev–Trinajstić information content (AvgIpc) is 2.42. The van der Waals surface area contributed by atoms with Gasteiger partial charge in [0.05, 0.1) is 14.2 Å². The van der Waals surface area contributed by atoms with E-state index in [4.69, 9.17) is 9.47 Å². The molecule has 20 heavy (non-hydrogen) atoms. The van der Waals surface area contributed by atoms with E-state index < -0.39 is 17.1 Å². The highest BCUT2D eigenvalue weighted by Crippen LogP contribution is 2.26. The fraction of sp³-hybridized carbons (Fsp3) is 0.231. The third-order valence-corrected chi connectivity index (χ3v) is 2.86. The summed E-state index contributed by atoms with van der Waals surface area (Å²) >= 11 is 0. The number of aromatic nitrogens is 2. The maximum absolute atomic E-state index is 11.6. The first-order valence-corrected chi connectivity index (χ1v) is 5.78. The summed E-state index contributed by atoms with van der Waals surface area (Å²) in [6.45, 7) is 0. The van der Waals surface area contributed by atoms with Crippen molar-refractivity contribution < 1.29 is 14.6 Å². The lowest BCUT2D eigenvalue weighted by Crippen LogP contribution is -2.27. The van der Waals surface area contributed by atoms with Crippen molar-refractivity contribution in [1.82, 2.24) is 9.97 Å². The van der Waals surface area contributed by atoms with E-state index in [1.54, 1.807) is 18.2 Å². The first-order valence-electron chi connectivity index (χ1n) is 5.78. The normalized spacial score (nSPS) is 10.3. The largest absolute Gasteiger partial charge is 0.860 e. The Morgan fingerprint density at radius 2 is 1.90 bits per heavy atom. The molecule has 2 N–H and O–H groups in total. The third-order valence-electron chi connectivity index (χ3n) is 2.86. The molecule has 0 amide bonds. The maximum atomic E-state index is 11.6. The Balaban J connectivity index is 2.45. The molecule has 0 radical (unpaired) electrons. The van der Waals surface area contributed by atoms with Gasteiger partial charge < -0.3 is 19.6 Å². The molecule has 106 valence electrons. The van der Waals surface area contributed by atoms with E-state index in [9.17, 15) is 14.7 Å². The summed E-state index contributed by atoms with van der Waals surface area (Å²) in [7, 11) is 3.00. The lowest BCUT2D eigenvalue weighted by molar-refractivity contribution is -0.276. The van der Waals surface area contributed by atoms with Gasteiger partial charge in [-0.15, -0.1) is 0 Å². The number of hydrogen-bond donors (Lipinski definition) is 2. The molecule has 0 aliphatic heterocycles. The Bertz CT molecular complexity index is 732. The van der Waals surface area contributed by atoms with Gasteiger partial charge in [-0.2, -0.15) is 0 Å². The van der Waals surface area contributed by atoms with Crippen molar-refractivity contribution in [2.24, 2.45) is 0 Å².